The topological polar surface area (TPSA) is 108 Å². The molecule has 0 bridgehead atoms. The number of hydrogen-bond donors (Lipinski definition) is 2. The molecule has 0 heterocycles. The van der Waals surface area contributed by atoms with Crippen molar-refractivity contribution in [2.75, 3.05) is 17.7 Å². The summed E-state index contributed by atoms with van der Waals surface area (Å²) in [6.45, 7) is 2.92. The van der Waals surface area contributed by atoms with Crippen LogP contribution in [0.5, 0.6) is 0 Å². The molecular formula is C20H18ClN3O4. The minimum absolute atomic E-state index is 0.189. The van der Waals surface area contributed by atoms with Gasteiger partial charge in [0, 0.05) is 5.69 Å². The van der Waals surface area contributed by atoms with Gasteiger partial charge in [0.05, 0.1) is 35.0 Å². The number of rotatable bonds is 5. The third-order valence-electron chi connectivity index (χ3n) is 4.04. The highest BCUT2D eigenvalue weighted by molar-refractivity contribution is 6.34. The molecular weight excluding hydrogens is 382 g/mol. The van der Waals surface area contributed by atoms with Gasteiger partial charge in [0.25, 0.3) is 0 Å². The van der Waals surface area contributed by atoms with Crippen molar-refractivity contribution in [3.63, 3.8) is 0 Å². The number of nitrogens with zero attached hydrogens (tertiary/aromatic N) is 1. The number of nitriles is 1. The van der Waals surface area contributed by atoms with Crippen molar-refractivity contribution < 1.29 is 19.1 Å². The lowest BCUT2D eigenvalue weighted by Crippen LogP contribution is -2.41. The molecule has 0 fully saturated rings. The molecule has 0 aliphatic carbocycles. The van der Waals surface area contributed by atoms with E-state index in [4.69, 9.17) is 16.9 Å². The van der Waals surface area contributed by atoms with Gasteiger partial charge >= 0.3 is 5.97 Å². The van der Waals surface area contributed by atoms with Crippen LogP contribution in [0, 0.1) is 16.7 Å². The van der Waals surface area contributed by atoms with E-state index in [0.717, 1.165) is 0 Å². The van der Waals surface area contributed by atoms with Crippen LogP contribution in [0.25, 0.3) is 0 Å². The molecule has 7 nitrogen and oxygen atoms in total. The number of benzene rings is 2. The van der Waals surface area contributed by atoms with E-state index < -0.39 is 23.2 Å². The Morgan fingerprint density at radius 2 is 1.64 bits per heavy atom. The Morgan fingerprint density at radius 3 is 2.21 bits per heavy atom. The third kappa shape index (κ3) is 4.67. The highest BCUT2D eigenvalue weighted by atomic mass is 35.5. The van der Waals surface area contributed by atoms with Crippen LogP contribution >= 0.6 is 11.6 Å². The summed E-state index contributed by atoms with van der Waals surface area (Å²) in [7, 11) is 1.24. The molecule has 2 amide bonds. The predicted octanol–water partition coefficient (Wildman–Crippen LogP) is 3.60. The summed E-state index contributed by atoms with van der Waals surface area (Å²) < 4.78 is 4.65. The molecule has 2 rings (SSSR count). The number of hydrogen-bond acceptors (Lipinski definition) is 5. The standard InChI is InChI=1S/C20H18ClN3O4/c1-20(2,18(26)23-14-7-4-12(11-22)5-8-14)19(27)24-16-10-13(17(25)28-3)6-9-15(16)21/h4-10H,1-3H3,(H,23,26)(H,24,27). The number of ether oxygens (including phenoxy) is 1. The van der Waals surface area contributed by atoms with Gasteiger partial charge in [-0.15, -0.1) is 0 Å². The van der Waals surface area contributed by atoms with E-state index in [9.17, 15) is 14.4 Å². The van der Waals surface area contributed by atoms with Gasteiger partial charge in [0.2, 0.25) is 11.8 Å². The summed E-state index contributed by atoms with van der Waals surface area (Å²) in [5, 5.41) is 14.2. The lowest BCUT2D eigenvalue weighted by atomic mass is 9.90. The molecule has 0 unspecified atom stereocenters. The first-order valence-electron chi connectivity index (χ1n) is 8.20. The second-order valence-electron chi connectivity index (χ2n) is 6.41. The molecule has 0 aliphatic rings. The van der Waals surface area contributed by atoms with E-state index in [-0.39, 0.29) is 16.3 Å². The Kier molecular flexibility index (Phi) is 6.39. The molecule has 2 N–H and O–H groups in total. The molecule has 0 aromatic heterocycles. The molecule has 0 saturated heterocycles. The normalized spacial score (nSPS) is 10.5. The Bertz CT molecular complexity index is 962. The first-order chi connectivity index (χ1) is 13.2. The molecule has 28 heavy (non-hydrogen) atoms. The van der Waals surface area contributed by atoms with Gasteiger partial charge in [-0.3, -0.25) is 9.59 Å². The largest absolute Gasteiger partial charge is 0.465 e. The number of halogens is 1. The molecule has 2 aromatic carbocycles. The van der Waals surface area contributed by atoms with E-state index in [1.54, 1.807) is 24.3 Å². The van der Waals surface area contributed by atoms with Gasteiger partial charge in [-0.2, -0.15) is 5.26 Å². The minimum atomic E-state index is -1.45. The van der Waals surface area contributed by atoms with Gasteiger partial charge < -0.3 is 15.4 Å². The quantitative estimate of drug-likeness (QED) is 0.589. The average Bonchev–Trinajstić information content (AvgIpc) is 2.69. The monoisotopic (exact) mass is 399 g/mol. The number of carbonyl (C=O) groups is 3. The summed E-state index contributed by atoms with van der Waals surface area (Å²) in [4.78, 5) is 36.9. The number of amides is 2. The van der Waals surface area contributed by atoms with Crippen molar-refractivity contribution in [2.45, 2.75) is 13.8 Å². The van der Waals surface area contributed by atoms with Gasteiger partial charge in [-0.1, -0.05) is 11.6 Å². The van der Waals surface area contributed by atoms with Crippen LogP contribution in [0.1, 0.15) is 29.8 Å². The van der Waals surface area contributed by atoms with Crippen molar-refractivity contribution >= 4 is 40.8 Å². The van der Waals surface area contributed by atoms with Crippen molar-refractivity contribution in [1.82, 2.24) is 0 Å². The zero-order valence-electron chi connectivity index (χ0n) is 15.5. The van der Waals surface area contributed by atoms with Crippen molar-refractivity contribution in [3.05, 3.63) is 58.6 Å². The molecule has 144 valence electrons. The predicted molar refractivity (Wildman–Crippen MR) is 105 cm³/mol. The fourth-order valence-corrected chi connectivity index (χ4v) is 2.33. The van der Waals surface area contributed by atoms with Gasteiger partial charge in [-0.25, -0.2) is 4.79 Å². The van der Waals surface area contributed by atoms with E-state index >= 15 is 0 Å². The summed E-state index contributed by atoms with van der Waals surface area (Å²) in [5.74, 6) is -1.73. The summed E-state index contributed by atoms with van der Waals surface area (Å²) in [6.07, 6.45) is 0. The second kappa shape index (κ2) is 8.55. The van der Waals surface area contributed by atoms with Crippen molar-refractivity contribution in [2.24, 2.45) is 5.41 Å². The molecule has 0 atom stereocenters. The van der Waals surface area contributed by atoms with Crippen molar-refractivity contribution in [1.29, 1.82) is 5.26 Å². The van der Waals surface area contributed by atoms with E-state index in [0.29, 0.717) is 11.3 Å². The molecule has 8 heteroatoms. The van der Waals surface area contributed by atoms with Crippen LogP contribution in [0.2, 0.25) is 5.02 Å². The number of carbonyl (C=O) groups excluding carboxylic acids is 3. The van der Waals surface area contributed by atoms with Gasteiger partial charge in [-0.05, 0) is 56.3 Å². The molecule has 2 aromatic rings. The fourth-order valence-electron chi connectivity index (χ4n) is 2.16. The minimum Gasteiger partial charge on any atom is -0.465 e. The van der Waals surface area contributed by atoms with E-state index in [2.05, 4.69) is 15.4 Å². The van der Waals surface area contributed by atoms with Gasteiger partial charge in [0.15, 0.2) is 0 Å². The number of methoxy groups -OCH3 is 1. The van der Waals surface area contributed by atoms with Crippen LogP contribution in [0.4, 0.5) is 11.4 Å². The van der Waals surface area contributed by atoms with Crippen LogP contribution < -0.4 is 10.6 Å². The highest BCUT2D eigenvalue weighted by Gasteiger charge is 2.36. The zero-order valence-corrected chi connectivity index (χ0v) is 16.3. The van der Waals surface area contributed by atoms with E-state index in [1.807, 2.05) is 6.07 Å². The molecule has 0 spiro atoms. The lowest BCUT2D eigenvalue weighted by Gasteiger charge is -2.23. The fraction of sp³-hybridized carbons (Fsp3) is 0.200. The van der Waals surface area contributed by atoms with Crippen LogP contribution in [-0.4, -0.2) is 24.9 Å². The molecule has 0 saturated carbocycles. The summed E-state index contributed by atoms with van der Waals surface area (Å²) in [6, 6.07) is 12.5. The van der Waals surface area contributed by atoms with Crippen LogP contribution in [0.3, 0.4) is 0 Å². The number of esters is 1. The maximum Gasteiger partial charge on any atom is 0.337 e. The molecule has 0 radical (unpaired) electrons. The Hall–Kier alpha value is -3.37. The van der Waals surface area contributed by atoms with Crippen LogP contribution in [-0.2, 0) is 14.3 Å². The number of anilines is 2. The average molecular weight is 400 g/mol. The Balaban J connectivity index is 2.16. The highest BCUT2D eigenvalue weighted by Crippen LogP contribution is 2.27. The summed E-state index contributed by atoms with van der Waals surface area (Å²) >= 11 is 6.08. The van der Waals surface area contributed by atoms with E-state index in [1.165, 1.54) is 39.2 Å². The van der Waals surface area contributed by atoms with Gasteiger partial charge in [0.1, 0.15) is 5.41 Å². The summed E-state index contributed by atoms with van der Waals surface area (Å²) in [5.41, 5.74) is -0.139. The first-order valence-corrected chi connectivity index (χ1v) is 8.57. The zero-order chi connectivity index (χ0) is 20.9. The SMILES string of the molecule is COC(=O)c1ccc(Cl)c(NC(=O)C(C)(C)C(=O)Nc2ccc(C#N)cc2)c1. The number of nitrogens with one attached hydrogen (secondary N) is 2. The molecule has 0 aliphatic heterocycles. The smallest absolute Gasteiger partial charge is 0.337 e. The second-order valence-corrected chi connectivity index (χ2v) is 6.82. The third-order valence-corrected chi connectivity index (χ3v) is 4.37. The Morgan fingerprint density at radius 1 is 1.04 bits per heavy atom. The first kappa shape index (κ1) is 20.9. The van der Waals surface area contributed by atoms with Crippen LogP contribution in [0.15, 0.2) is 42.5 Å². The van der Waals surface area contributed by atoms with Crippen molar-refractivity contribution in [3.8, 4) is 6.07 Å². The lowest BCUT2D eigenvalue weighted by molar-refractivity contribution is -0.135. The maximum absolute atomic E-state index is 12.7. The Labute approximate surface area is 167 Å². The maximum atomic E-state index is 12.7.